The van der Waals surface area contributed by atoms with Gasteiger partial charge in [0.2, 0.25) is 0 Å². The second-order valence-corrected chi connectivity index (χ2v) is 3.43. The van der Waals surface area contributed by atoms with Crippen LogP contribution in [0.4, 0.5) is 4.79 Å². The van der Waals surface area contributed by atoms with E-state index in [0.717, 1.165) is 6.42 Å². The molecule has 6 heteroatoms. The Balaban J connectivity index is 3.41. The highest BCUT2D eigenvalue weighted by molar-refractivity contribution is 5.75. The molecule has 0 aliphatic heterocycles. The molecule has 0 aromatic heterocycles. The molecule has 16 heavy (non-hydrogen) atoms. The Labute approximate surface area is 95.4 Å². The number of hydrogen-bond acceptors (Lipinski definition) is 3. The first-order chi connectivity index (χ1) is 7.57. The molecule has 94 valence electrons. The maximum Gasteiger partial charge on any atom is 0.314 e. The minimum absolute atomic E-state index is 0.132. The van der Waals surface area contributed by atoms with Gasteiger partial charge in [-0.1, -0.05) is 6.92 Å². The van der Waals surface area contributed by atoms with Crippen LogP contribution >= 0.6 is 0 Å². The molecular weight excluding hydrogens is 212 g/mol. The first-order valence-electron chi connectivity index (χ1n) is 5.40. The van der Waals surface area contributed by atoms with Crippen molar-refractivity contribution in [3.05, 3.63) is 0 Å². The molecule has 6 nitrogen and oxygen atoms in total. The fraction of sp³-hybridized carbons (Fsp3) is 0.800. The minimum atomic E-state index is -0.920. The number of carboxylic acids is 1. The SMILES string of the molecule is CCOCCCNC(=O)NCC(C)C(=O)O. The number of urea groups is 1. The second kappa shape index (κ2) is 8.96. The average Bonchev–Trinajstić information content (AvgIpc) is 2.25. The van der Waals surface area contributed by atoms with Gasteiger partial charge in [0.15, 0.2) is 0 Å². The van der Waals surface area contributed by atoms with Crippen molar-refractivity contribution in [3.63, 3.8) is 0 Å². The zero-order chi connectivity index (χ0) is 12.4. The lowest BCUT2D eigenvalue weighted by molar-refractivity contribution is -0.140. The van der Waals surface area contributed by atoms with Crippen LogP contribution in [0.25, 0.3) is 0 Å². The maximum absolute atomic E-state index is 11.1. The molecule has 1 atom stereocenters. The summed E-state index contributed by atoms with van der Waals surface area (Å²) in [5.74, 6) is -1.49. The van der Waals surface area contributed by atoms with Gasteiger partial charge < -0.3 is 20.5 Å². The molecule has 0 rings (SSSR count). The molecular formula is C10H20N2O4. The lowest BCUT2D eigenvalue weighted by atomic mass is 10.2. The highest BCUT2D eigenvalue weighted by atomic mass is 16.5. The molecule has 0 spiro atoms. The van der Waals surface area contributed by atoms with Gasteiger partial charge in [-0.2, -0.15) is 0 Å². The number of rotatable bonds is 8. The highest BCUT2D eigenvalue weighted by Crippen LogP contribution is 1.90. The quantitative estimate of drug-likeness (QED) is 0.530. The zero-order valence-electron chi connectivity index (χ0n) is 9.78. The Hall–Kier alpha value is -1.30. The summed E-state index contributed by atoms with van der Waals surface area (Å²) in [6.07, 6.45) is 0.746. The number of carboxylic acid groups (broad SMARTS) is 1. The minimum Gasteiger partial charge on any atom is -0.481 e. The molecule has 0 bridgehead atoms. The standard InChI is InChI=1S/C10H20N2O4/c1-3-16-6-4-5-11-10(15)12-7-8(2)9(13)14/h8H,3-7H2,1-2H3,(H,13,14)(H2,11,12,15). The van der Waals surface area contributed by atoms with Crippen LogP contribution in [0.3, 0.4) is 0 Å². The van der Waals surface area contributed by atoms with E-state index < -0.39 is 11.9 Å². The number of hydrogen-bond donors (Lipinski definition) is 3. The highest BCUT2D eigenvalue weighted by Gasteiger charge is 2.11. The first-order valence-corrected chi connectivity index (χ1v) is 5.40. The normalized spacial score (nSPS) is 11.9. The molecule has 0 aliphatic carbocycles. The number of carbonyl (C=O) groups is 2. The van der Waals surface area contributed by atoms with E-state index in [1.165, 1.54) is 6.92 Å². The molecule has 2 amide bonds. The van der Waals surface area contributed by atoms with Gasteiger partial charge in [0.25, 0.3) is 0 Å². The number of ether oxygens (including phenoxy) is 1. The van der Waals surface area contributed by atoms with E-state index in [4.69, 9.17) is 9.84 Å². The summed E-state index contributed by atoms with van der Waals surface area (Å²) >= 11 is 0. The van der Waals surface area contributed by atoms with Gasteiger partial charge in [-0.3, -0.25) is 4.79 Å². The van der Waals surface area contributed by atoms with Gasteiger partial charge in [-0.25, -0.2) is 4.79 Å². The Kier molecular flexibility index (Phi) is 8.24. The third-order valence-electron chi connectivity index (χ3n) is 1.95. The molecule has 0 aromatic carbocycles. The third-order valence-corrected chi connectivity index (χ3v) is 1.95. The molecule has 0 heterocycles. The molecule has 0 radical (unpaired) electrons. The Morgan fingerprint density at radius 3 is 2.62 bits per heavy atom. The van der Waals surface area contributed by atoms with Crippen LogP contribution in [0.1, 0.15) is 20.3 Å². The smallest absolute Gasteiger partial charge is 0.314 e. The van der Waals surface area contributed by atoms with Crippen LogP contribution in [0.15, 0.2) is 0 Å². The Morgan fingerprint density at radius 2 is 2.06 bits per heavy atom. The number of carbonyl (C=O) groups excluding carboxylic acids is 1. The van der Waals surface area contributed by atoms with E-state index in [1.54, 1.807) is 0 Å². The summed E-state index contributed by atoms with van der Waals surface area (Å²) in [4.78, 5) is 21.6. The van der Waals surface area contributed by atoms with Crippen molar-refractivity contribution in [2.75, 3.05) is 26.3 Å². The van der Waals surface area contributed by atoms with Gasteiger partial charge in [0.1, 0.15) is 0 Å². The molecule has 3 N–H and O–H groups in total. The monoisotopic (exact) mass is 232 g/mol. The van der Waals surface area contributed by atoms with Crippen molar-refractivity contribution >= 4 is 12.0 Å². The third kappa shape index (κ3) is 8.05. The first kappa shape index (κ1) is 14.7. The van der Waals surface area contributed by atoms with Gasteiger partial charge >= 0.3 is 12.0 Å². The van der Waals surface area contributed by atoms with Crippen molar-refractivity contribution in [2.24, 2.45) is 5.92 Å². The Morgan fingerprint density at radius 1 is 1.38 bits per heavy atom. The van der Waals surface area contributed by atoms with E-state index in [0.29, 0.717) is 19.8 Å². The topological polar surface area (TPSA) is 87.7 Å². The fourth-order valence-corrected chi connectivity index (χ4v) is 0.916. The predicted molar refractivity (Wildman–Crippen MR) is 59.3 cm³/mol. The van der Waals surface area contributed by atoms with E-state index in [9.17, 15) is 9.59 Å². The van der Waals surface area contributed by atoms with Crippen molar-refractivity contribution < 1.29 is 19.4 Å². The van der Waals surface area contributed by atoms with Crippen LogP contribution in [0, 0.1) is 5.92 Å². The van der Waals surface area contributed by atoms with Crippen LogP contribution < -0.4 is 10.6 Å². The number of aliphatic carboxylic acids is 1. The lowest BCUT2D eigenvalue weighted by Gasteiger charge is -2.09. The van der Waals surface area contributed by atoms with Gasteiger partial charge in [0, 0.05) is 26.3 Å². The van der Waals surface area contributed by atoms with E-state index >= 15 is 0 Å². The Bertz CT molecular complexity index is 221. The van der Waals surface area contributed by atoms with Crippen LogP contribution in [0.5, 0.6) is 0 Å². The summed E-state index contributed by atoms with van der Waals surface area (Å²) in [5.41, 5.74) is 0. The summed E-state index contributed by atoms with van der Waals surface area (Å²) < 4.78 is 5.10. The van der Waals surface area contributed by atoms with Gasteiger partial charge in [-0.15, -0.1) is 0 Å². The maximum atomic E-state index is 11.1. The lowest BCUT2D eigenvalue weighted by Crippen LogP contribution is -2.39. The molecule has 0 saturated heterocycles. The van der Waals surface area contributed by atoms with Crippen LogP contribution in [0.2, 0.25) is 0 Å². The summed E-state index contributed by atoms with van der Waals surface area (Å²) in [7, 11) is 0. The molecule has 0 aromatic rings. The summed E-state index contributed by atoms with van der Waals surface area (Å²) in [6.45, 7) is 5.38. The van der Waals surface area contributed by atoms with Crippen molar-refractivity contribution in [1.29, 1.82) is 0 Å². The largest absolute Gasteiger partial charge is 0.481 e. The van der Waals surface area contributed by atoms with Crippen LogP contribution in [-0.2, 0) is 9.53 Å². The van der Waals surface area contributed by atoms with Crippen molar-refractivity contribution in [1.82, 2.24) is 10.6 Å². The van der Waals surface area contributed by atoms with Crippen molar-refractivity contribution in [3.8, 4) is 0 Å². The zero-order valence-corrected chi connectivity index (χ0v) is 9.78. The van der Waals surface area contributed by atoms with Gasteiger partial charge in [0.05, 0.1) is 5.92 Å². The van der Waals surface area contributed by atoms with E-state index in [2.05, 4.69) is 10.6 Å². The number of nitrogens with one attached hydrogen (secondary N) is 2. The van der Waals surface area contributed by atoms with E-state index in [1.807, 2.05) is 6.92 Å². The summed E-state index contributed by atoms with van der Waals surface area (Å²) in [6, 6.07) is -0.343. The molecule has 0 saturated carbocycles. The second-order valence-electron chi connectivity index (χ2n) is 3.43. The van der Waals surface area contributed by atoms with Crippen LogP contribution in [-0.4, -0.2) is 43.4 Å². The van der Waals surface area contributed by atoms with E-state index in [-0.39, 0.29) is 12.6 Å². The predicted octanol–water partition coefficient (Wildman–Crippen LogP) is 0.433. The molecule has 1 unspecified atom stereocenters. The van der Waals surface area contributed by atoms with Crippen molar-refractivity contribution in [2.45, 2.75) is 20.3 Å². The molecule has 0 aliphatic rings. The summed E-state index contributed by atoms with van der Waals surface area (Å²) in [5, 5.41) is 13.7. The molecule has 0 fully saturated rings. The fourth-order valence-electron chi connectivity index (χ4n) is 0.916. The number of amides is 2. The van der Waals surface area contributed by atoms with Gasteiger partial charge in [-0.05, 0) is 13.3 Å². The average molecular weight is 232 g/mol.